The molecular weight excluding hydrogens is 283 g/mol. The van der Waals surface area contributed by atoms with E-state index in [1.54, 1.807) is 18.2 Å². The summed E-state index contributed by atoms with van der Waals surface area (Å²) in [5.74, 6) is -0.972. The van der Waals surface area contributed by atoms with E-state index in [0.717, 1.165) is 22.8 Å². The molecule has 2 aromatic rings. The summed E-state index contributed by atoms with van der Waals surface area (Å²) >= 11 is 11.9. The Kier molecular flexibility index (Phi) is 4.25. The molecule has 0 saturated heterocycles. The monoisotopic (exact) mass is 292 g/mol. The van der Waals surface area contributed by atoms with E-state index in [1.165, 1.54) is 0 Å². The van der Waals surface area contributed by atoms with Crippen LogP contribution in [0.3, 0.4) is 0 Å². The molecule has 96 valence electrons. The first-order valence-corrected chi connectivity index (χ1v) is 6.28. The van der Waals surface area contributed by atoms with Crippen molar-refractivity contribution in [3.63, 3.8) is 0 Å². The maximum Gasteiger partial charge on any atom is 0.328 e. The van der Waals surface area contributed by atoms with Gasteiger partial charge in [0.15, 0.2) is 0 Å². The predicted octanol–water partition coefficient (Wildman–Crippen LogP) is 4.76. The van der Waals surface area contributed by atoms with Gasteiger partial charge in [0.25, 0.3) is 0 Å². The average molecular weight is 293 g/mol. The number of carbonyl (C=O) groups is 1. The molecule has 4 heteroatoms. The molecule has 2 rings (SSSR count). The molecule has 0 aliphatic rings. The second-order valence-electron chi connectivity index (χ2n) is 3.93. The van der Waals surface area contributed by atoms with Crippen molar-refractivity contribution in [3.8, 4) is 11.1 Å². The Morgan fingerprint density at radius 2 is 1.74 bits per heavy atom. The van der Waals surface area contributed by atoms with Gasteiger partial charge in [-0.2, -0.15) is 0 Å². The number of benzene rings is 2. The topological polar surface area (TPSA) is 37.3 Å². The molecule has 0 bridgehead atoms. The van der Waals surface area contributed by atoms with Gasteiger partial charge in [-0.3, -0.25) is 0 Å². The number of carboxylic acids is 1. The quantitative estimate of drug-likeness (QED) is 0.828. The molecule has 2 aromatic carbocycles. The SMILES string of the molecule is O=C(O)C=Cc1cccc(-c2ccc(Cl)c(Cl)c2)c1. The lowest BCUT2D eigenvalue weighted by atomic mass is 10.0. The Balaban J connectivity index is 2.37. The van der Waals surface area contributed by atoms with E-state index >= 15 is 0 Å². The van der Waals surface area contributed by atoms with E-state index < -0.39 is 5.97 Å². The van der Waals surface area contributed by atoms with Crippen molar-refractivity contribution in [1.82, 2.24) is 0 Å². The van der Waals surface area contributed by atoms with Crippen LogP contribution in [0.2, 0.25) is 10.0 Å². The zero-order valence-electron chi connectivity index (χ0n) is 9.81. The van der Waals surface area contributed by atoms with E-state index in [9.17, 15) is 4.79 Å². The van der Waals surface area contributed by atoms with Gasteiger partial charge >= 0.3 is 5.97 Å². The molecule has 0 unspecified atom stereocenters. The normalized spacial score (nSPS) is 10.8. The van der Waals surface area contributed by atoms with Crippen LogP contribution in [-0.4, -0.2) is 11.1 Å². The third-order valence-electron chi connectivity index (χ3n) is 2.56. The fraction of sp³-hybridized carbons (Fsp3) is 0. The van der Waals surface area contributed by atoms with Crippen LogP contribution in [0.4, 0.5) is 0 Å². The van der Waals surface area contributed by atoms with E-state index in [0.29, 0.717) is 10.0 Å². The number of carboxylic acid groups (broad SMARTS) is 1. The minimum absolute atomic E-state index is 0.491. The van der Waals surface area contributed by atoms with Crippen molar-refractivity contribution >= 4 is 35.2 Å². The van der Waals surface area contributed by atoms with Crippen molar-refractivity contribution in [3.05, 3.63) is 64.1 Å². The number of halogens is 2. The van der Waals surface area contributed by atoms with Gasteiger partial charge in [0.05, 0.1) is 10.0 Å². The first-order valence-electron chi connectivity index (χ1n) is 5.53. The van der Waals surface area contributed by atoms with Gasteiger partial charge in [-0.25, -0.2) is 4.79 Å². The molecule has 1 N–H and O–H groups in total. The minimum atomic E-state index is -0.972. The summed E-state index contributed by atoms with van der Waals surface area (Å²) in [6, 6.07) is 12.9. The van der Waals surface area contributed by atoms with Crippen LogP contribution < -0.4 is 0 Å². The van der Waals surface area contributed by atoms with E-state index in [1.807, 2.05) is 30.3 Å². The summed E-state index contributed by atoms with van der Waals surface area (Å²) in [5.41, 5.74) is 2.69. The summed E-state index contributed by atoms with van der Waals surface area (Å²) in [4.78, 5) is 10.5. The maximum absolute atomic E-state index is 10.5. The maximum atomic E-state index is 10.5. The molecule has 0 aliphatic heterocycles. The third kappa shape index (κ3) is 3.60. The summed E-state index contributed by atoms with van der Waals surface area (Å²) in [6.07, 6.45) is 2.65. The molecule has 0 aromatic heterocycles. The second kappa shape index (κ2) is 5.91. The van der Waals surface area contributed by atoms with Crippen molar-refractivity contribution in [2.24, 2.45) is 0 Å². The standard InChI is InChI=1S/C15H10Cl2O2/c16-13-6-5-12(9-14(13)17)11-3-1-2-10(8-11)4-7-15(18)19/h1-9H,(H,18,19). The second-order valence-corrected chi connectivity index (χ2v) is 4.74. The predicted molar refractivity (Wildman–Crippen MR) is 78.6 cm³/mol. The Hall–Kier alpha value is -1.77. The van der Waals surface area contributed by atoms with E-state index in [2.05, 4.69) is 0 Å². The van der Waals surface area contributed by atoms with Crippen LogP contribution in [0.1, 0.15) is 5.56 Å². The number of rotatable bonds is 3. The molecule has 0 radical (unpaired) electrons. The Morgan fingerprint density at radius 1 is 1.00 bits per heavy atom. The van der Waals surface area contributed by atoms with Gasteiger partial charge < -0.3 is 5.11 Å². The summed E-state index contributed by atoms with van der Waals surface area (Å²) in [6.45, 7) is 0. The summed E-state index contributed by atoms with van der Waals surface area (Å²) < 4.78 is 0. The highest BCUT2D eigenvalue weighted by Gasteiger charge is 2.02. The van der Waals surface area contributed by atoms with Crippen LogP contribution >= 0.6 is 23.2 Å². The molecule has 0 amide bonds. The number of hydrogen-bond acceptors (Lipinski definition) is 1. The molecule has 0 heterocycles. The lowest BCUT2D eigenvalue weighted by Crippen LogP contribution is -1.86. The van der Waals surface area contributed by atoms with Gasteiger partial charge in [0.2, 0.25) is 0 Å². The zero-order chi connectivity index (χ0) is 13.8. The average Bonchev–Trinajstić information content (AvgIpc) is 2.40. The van der Waals surface area contributed by atoms with Crippen LogP contribution in [0.5, 0.6) is 0 Å². The van der Waals surface area contributed by atoms with Crippen molar-refractivity contribution < 1.29 is 9.90 Å². The molecule has 19 heavy (non-hydrogen) atoms. The van der Waals surface area contributed by atoms with Crippen molar-refractivity contribution in [1.29, 1.82) is 0 Å². The smallest absolute Gasteiger partial charge is 0.328 e. The van der Waals surface area contributed by atoms with E-state index in [4.69, 9.17) is 28.3 Å². The van der Waals surface area contributed by atoms with Crippen LogP contribution in [0.25, 0.3) is 17.2 Å². The molecule has 0 atom stereocenters. The van der Waals surface area contributed by atoms with Crippen LogP contribution in [0, 0.1) is 0 Å². The summed E-state index contributed by atoms with van der Waals surface area (Å²) in [7, 11) is 0. The fourth-order valence-corrected chi connectivity index (χ4v) is 1.96. The number of hydrogen-bond donors (Lipinski definition) is 1. The van der Waals surface area contributed by atoms with Crippen molar-refractivity contribution in [2.75, 3.05) is 0 Å². The fourth-order valence-electron chi connectivity index (χ4n) is 1.67. The largest absolute Gasteiger partial charge is 0.478 e. The Morgan fingerprint density at radius 3 is 2.42 bits per heavy atom. The van der Waals surface area contributed by atoms with Gasteiger partial charge in [0.1, 0.15) is 0 Å². The lowest BCUT2D eigenvalue weighted by molar-refractivity contribution is -0.131. The van der Waals surface area contributed by atoms with E-state index in [-0.39, 0.29) is 0 Å². The number of aliphatic carboxylic acids is 1. The Labute approximate surface area is 120 Å². The first-order chi connectivity index (χ1) is 9.06. The first kappa shape index (κ1) is 13.7. The van der Waals surface area contributed by atoms with Crippen molar-refractivity contribution in [2.45, 2.75) is 0 Å². The lowest BCUT2D eigenvalue weighted by Gasteiger charge is -2.04. The van der Waals surface area contributed by atoms with Gasteiger partial charge in [-0.05, 0) is 41.0 Å². The highest BCUT2D eigenvalue weighted by atomic mass is 35.5. The molecular formula is C15H10Cl2O2. The highest BCUT2D eigenvalue weighted by Crippen LogP contribution is 2.29. The van der Waals surface area contributed by atoms with Crippen LogP contribution in [0.15, 0.2) is 48.5 Å². The Bertz CT molecular complexity index is 648. The highest BCUT2D eigenvalue weighted by molar-refractivity contribution is 6.42. The molecule has 0 aliphatic carbocycles. The molecule has 0 spiro atoms. The molecule has 0 fully saturated rings. The molecule has 2 nitrogen and oxygen atoms in total. The van der Waals surface area contributed by atoms with Gasteiger partial charge in [0, 0.05) is 6.08 Å². The zero-order valence-corrected chi connectivity index (χ0v) is 11.3. The van der Waals surface area contributed by atoms with Crippen LogP contribution in [-0.2, 0) is 4.79 Å². The van der Waals surface area contributed by atoms with Gasteiger partial charge in [-0.1, -0.05) is 47.5 Å². The summed E-state index contributed by atoms with van der Waals surface area (Å²) in [5, 5.41) is 9.61. The molecule has 0 saturated carbocycles. The minimum Gasteiger partial charge on any atom is -0.478 e. The third-order valence-corrected chi connectivity index (χ3v) is 3.30. The van der Waals surface area contributed by atoms with Gasteiger partial charge in [-0.15, -0.1) is 0 Å².